The Balaban J connectivity index is 1.44. The first-order valence-corrected chi connectivity index (χ1v) is 10.6. The molecule has 0 radical (unpaired) electrons. The van der Waals surface area contributed by atoms with Gasteiger partial charge in [-0.3, -0.25) is 9.59 Å². The molecule has 33 heavy (non-hydrogen) atoms. The summed E-state index contributed by atoms with van der Waals surface area (Å²) in [5.74, 6) is -0.830. The summed E-state index contributed by atoms with van der Waals surface area (Å²) in [6, 6.07) is 6.43. The number of H-pyrrole nitrogens is 1. The van der Waals surface area contributed by atoms with Gasteiger partial charge in [-0.15, -0.1) is 0 Å². The van der Waals surface area contributed by atoms with Gasteiger partial charge in [0.25, 0.3) is 11.8 Å². The first kappa shape index (κ1) is 22.1. The van der Waals surface area contributed by atoms with E-state index in [1.54, 1.807) is 24.0 Å². The van der Waals surface area contributed by atoms with Crippen molar-refractivity contribution >= 4 is 17.8 Å². The van der Waals surface area contributed by atoms with Crippen molar-refractivity contribution in [2.75, 3.05) is 13.1 Å². The van der Waals surface area contributed by atoms with Gasteiger partial charge < -0.3 is 20.3 Å². The third kappa shape index (κ3) is 5.05. The molecule has 0 bridgehead atoms. The number of amides is 2. The fourth-order valence-corrected chi connectivity index (χ4v) is 3.96. The zero-order chi connectivity index (χ0) is 23.4. The molecular weight excluding hydrogens is 424 g/mol. The third-order valence-corrected chi connectivity index (χ3v) is 5.71. The number of hydrogen-bond donors (Lipinski definition) is 3. The van der Waals surface area contributed by atoms with E-state index in [4.69, 9.17) is 5.11 Å². The first-order chi connectivity index (χ1) is 15.9. The summed E-state index contributed by atoms with van der Waals surface area (Å²) >= 11 is 0. The molecular formula is C23H24N6O4. The number of nitrogens with zero attached hydrogens (tertiary/aromatic N) is 4. The Hall–Kier alpha value is -4.08. The SMILES string of the molecule is Cc1ncc(C(=O)NCc2cccc(C(=O)O)c2)c(C2CCN(C(=O)c3cnc[nH]3)CC2)n1. The van der Waals surface area contributed by atoms with Crippen LogP contribution < -0.4 is 5.32 Å². The van der Waals surface area contributed by atoms with Gasteiger partial charge in [0, 0.05) is 31.7 Å². The summed E-state index contributed by atoms with van der Waals surface area (Å²) in [5, 5.41) is 12.0. The molecule has 2 amide bonds. The lowest BCUT2D eigenvalue weighted by Gasteiger charge is -2.32. The van der Waals surface area contributed by atoms with Crippen LogP contribution in [0, 0.1) is 6.92 Å². The predicted molar refractivity (Wildman–Crippen MR) is 118 cm³/mol. The fraction of sp³-hybridized carbons (Fsp3) is 0.304. The molecule has 0 atom stereocenters. The lowest BCUT2D eigenvalue weighted by molar-refractivity contribution is 0.0691. The van der Waals surface area contributed by atoms with Crippen molar-refractivity contribution in [1.29, 1.82) is 0 Å². The maximum atomic E-state index is 13.0. The molecule has 1 aliphatic rings. The molecule has 1 saturated heterocycles. The molecule has 1 fully saturated rings. The number of aromatic carboxylic acids is 1. The van der Waals surface area contributed by atoms with Gasteiger partial charge >= 0.3 is 5.97 Å². The van der Waals surface area contributed by atoms with Crippen molar-refractivity contribution in [3.8, 4) is 0 Å². The van der Waals surface area contributed by atoms with Gasteiger partial charge in [-0.1, -0.05) is 12.1 Å². The molecule has 3 heterocycles. The maximum Gasteiger partial charge on any atom is 0.335 e. The maximum absolute atomic E-state index is 13.0. The highest BCUT2D eigenvalue weighted by molar-refractivity contribution is 5.95. The normalized spacial score (nSPS) is 14.2. The first-order valence-electron chi connectivity index (χ1n) is 10.6. The number of benzene rings is 1. The minimum absolute atomic E-state index is 0.0219. The van der Waals surface area contributed by atoms with Gasteiger partial charge in [0.05, 0.1) is 29.3 Å². The highest BCUT2D eigenvalue weighted by Crippen LogP contribution is 2.29. The summed E-state index contributed by atoms with van der Waals surface area (Å²) in [5.41, 5.74) is 2.38. The number of hydrogen-bond acceptors (Lipinski definition) is 6. The number of carbonyl (C=O) groups excluding carboxylic acids is 2. The van der Waals surface area contributed by atoms with Crippen LogP contribution in [0.4, 0.5) is 0 Å². The quantitative estimate of drug-likeness (QED) is 0.525. The van der Waals surface area contributed by atoms with Crippen LogP contribution in [0.15, 0.2) is 43.0 Å². The number of likely N-dealkylation sites (tertiary alicyclic amines) is 1. The predicted octanol–water partition coefficient (Wildman–Crippen LogP) is 2.16. The van der Waals surface area contributed by atoms with Crippen LogP contribution in [0.1, 0.15) is 67.0 Å². The largest absolute Gasteiger partial charge is 0.478 e. The molecule has 4 rings (SSSR count). The Bertz CT molecular complexity index is 1170. The van der Waals surface area contributed by atoms with Crippen molar-refractivity contribution in [2.24, 2.45) is 0 Å². The summed E-state index contributed by atoms with van der Waals surface area (Å²) < 4.78 is 0. The summed E-state index contributed by atoms with van der Waals surface area (Å²) in [6.45, 7) is 3.06. The van der Waals surface area contributed by atoms with Crippen LogP contribution in [0.25, 0.3) is 0 Å². The van der Waals surface area contributed by atoms with E-state index in [2.05, 4.69) is 25.3 Å². The second-order valence-corrected chi connectivity index (χ2v) is 7.94. The second kappa shape index (κ2) is 9.60. The smallest absolute Gasteiger partial charge is 0.335 e. The Kier molecular flexibility index (Phi) is 6.43. The van der Waals surface area contributed by atoms with Crippen LogP contribution in [0.3, 0.4) is 0 Å². The standard InChI is InChI=1S/C23H24N6O4/c1-14-25-11-18(21(30)26-10-15-3-2-4-17(9-15)23(32)33)20(28-14)16-5-7-29(8-6-16)22(31)19-12-24-13-27-19/h2-4,9,11-13,16H,5-8,10H2,1H3,(H,24,27)(H,26,30)(H,32,33). The average Bonchev–Trinajstić information content (AvgIpc) is 3.37. The number of carboxylic acids is 1. The number of piperidine rings is 1. The van der Waals surface area contributed by atoms with E-state index in [0.29, 0.717) is 54.3 Å². The summed E-state index contributed by atoms with van der Waals surface area (Å²) in [7, 11) is 0. The van der Waals surface area contributed by atoms with E-state index in [-0.39, 0.29) is 29.8 Å². The average molecular weight is 448 g/mol. The third-order valence-electron chi connectivity index (χ3n) is 5.71. The van der Waals surface area contributed by atoms with Gasteiger partial charge in [-0.05, 0) is 37.5 Å². The fourth-order valence-electron chi connectivity index (χ4n) is 3.96. The molecule has 3 N–H and O–H groups in total. The van der Waals surface area contributed by atoms with Crippen LogP contribution in [0.2, 0.25) is 0 Å². The molecule has 0 aliphatic carbocycles. The lowest BCUT2D eigenvalue weighted by atomic mass is 9.90. The van der Waals surface area contributed by atoms with Gasteiger partial charge in [-0.25, -0.2) is 19.7 Å². The Morgan fingerprint density at radius 1 is 1.21 bits per heavy atom. The number of aromatic amines is 1. The molecule has 0 saturated carbocycles. The Labute approximate surface area is 190 Å². The molecule has 0 spiro atoms. The molecule has 1 aliphatic heterocycles. The topological polar surface area (TPSA) is 141 Å². The van der Waals surface area contributed by atoms with Crippen molar-refractivity contribution < 1.29 is 19.5 Å². The van der Waals surface area contributed by atoms with Crippen LogP contribution in [-0.2, 0) is 6.54 Å². The zero-order valence-electron chi connectivity index (χ0n) is 18.1. The number of nitrogens with one attached hydrogen (secondary N) is 2. The van der Waals surface area contributed by atoms with Crippen LogP contribution in [-0.4, -0.2) is 60.8 Å². The number of aryl methyl sites for hydroxylation is 1. The van der Waals surface area contributed by atoms with Gasteiger partial charge in [0.15, 0.2) is 0 Å². The van der Waals surface area contributed by atoms with Gasteiger partial charge in [0.2, 0.25) is 0 Å². The van der Waals surface area contributed by atoms with Gasteiger partial charge in [0.1, 0.15) is 11.5 Å². The van der Waals surface area contributed by atoms with Crippen LogP contribution >= 0.6 is 0 Å². The van der Waals surface area contributed by atoms with Crippen molar-refractivity contribution in [3.63, 3.8) is 0 Å². The molecule has 170 valence electrons. The Morgan fingerprint density at radius 2 is 2.00 bits per heavy atom. The minimum atomic E-state index is -1.02. The van der Waals surface area contributed by atoms with E-state index in [1.165, 1.54) is 30.9 Å². The molecule has 3 aromatic rings. The molecule has 10 nitrogen and oxygen atoms in total. The molecule has 1 aromatic carbocycles. The lowest BCUT2D eigenvalue weighted by Crippen LogP contribution is -2.38. The van der Waals surface area contributed by atoms with E-state index >= 15 is 0 Å². The van der Waals surface area contributed by atoms with E-state index < -0.39 is 5.97 Å². The molecule has 2 aromatic heterocycles. The van der Waals surface area contributed by atoms with Crippen molar-refractivity contribution in [3.05, 3.63) is 76.9 Å². The van der Waals surface area contributed by atoms with Crippen molar-refractivity contribution in [1.82, 2.24) is 30.2 Å². The number of imidazole rings is 1. The minimum Gasteiger partial charge on any atom is -0.478 e. The van der Waals surface area contributed by atoms with E-state index in [0.717, 1.165) is 0 Å². The van der Waals surface area contributed by atoms with Crippen molar-refractivity contribution in [2.45, 2.75) is 32.2 Å². The Morgan fingerprint density at radius 3 is 2.70 bits per heavy atom. The van der Waals surface area contributed by atoms with Crippen LogP contribution in [0.5, 0.6) is 0 Å². The van der Waals surface area contributed by atoms with Gasteiger partial charge in [-0.2, -0.15) is 0 Å². The molecule has 10 heteroatoms. The molecule has 0 unspecified atom stereocenters. The highest BCUT2D eigenvalue weighted by atomic mass is 16.4. The number of aromatic nitrogens is 4. The number of rotatable bonds is 6. The summed E-state index contributed by atoms with van der Waals surface area (Å²) in [4.78, 5) is 53.9. The van der Waals surface area contributed by atoms with E-state index in [9.17, 15) is 14.4 Å². The number of carboxylic acid groups (broad SMARTS) is 1. The second-order valence-electron chi connectivity index (χ2n) is 7.94. The summed E-state index contributed by atoms with van der Waals surface area (Å²) in [6.07, 6.45) is 5.88. The highest BCUT2D eigenvalue weighted by Gasteiger charge is 2.29. The van der Waals surface area contributed by atoms with E-state index in [1.807, 2.05) is 0 Å². The monoisotopic (exact) mass is 448 g/mol. The zero-order valence-corrected chi connectivity index (χ0v) is 18.1. The number of carbonyl (C=O) groups is 3.